The highest BCUT2D eigenvalue weighted by molar-refractivity contribution is 7.21. The summed E-state index contributed by atoms with van der Waals surface area (Å²) in [6.45, 7) is 4.51. The van der Waals surface area contributed by atoms with Crippen LogP contribution in [-0.2, 0) is 0 Å². The van der Waals surface area contributed by atoms with Crippen molar-refractivity contribution in [1.82, 2.24) is 0 Å². The molecule has 0 aliphatic heterocycles. The molecule has 0 radical (unpaired) electrons. The third kappa shape index (κ3) is 1.87. The molecule has 0 fully saturated rings. The zero-order valence-corrected chi connectivity index (χ0v) is 13.2. The minimum atomic E-state index is -1.79. The van der Waals surface area contributed by atoms with E-state index in [-0.39, 0.29) is 0 Å². The average Bonchev–Trinajstić information content (AvgIpc) is 2.82. The SMILES string of the molecule is CC[Si](Cl)(CC)C1c2ccccc2-c2ccccc21. The second kappa shape index (κ2) is 4.81. The van der Waals surface area contributed by atoms with Crippen LogP contribution in [0.1, 0.15) is 30.5 Å². The van der Waals surface area contributed by atoms with Crippen LogP contribution in [0.25, 0.3) is 11.1 Å². The molecule has 0 amide bonds. The molecule has 2 aromatic carbocycles. The minimum absolute atomic E-state index is 0.455. The fourth-order valence-corrected chi connectivity index (χ4v) is 7.01. The second-order valence-corrected chi connectivity index (χ2v) is 11.7. The Hall–Kier alpha value is -1.05. The first kappa shape index (κ1) is 13.0. The van der Waals surface area contributed by atoms with Gasteiger partial charge in [0.25, 0.3) is 0 Å². The minimum Gasteiger partial charge on any atom is -0.166 e. The lowest BCUT2D eigenvalue weighted by Crippen LogP contribution is -2.34. The van der Waals surface area contributed by atoms with Crippen LogP contribution in [0, 0.1) is 0 Å². The Labute approximate surface area is 121 Å². The van der Waals surface area contributed by atoms with Gasteiger partial charge in [-0.1, -0.05) is 62.4 Å². The first-order chi connectivity index (χ1) is 9.21. The standard InChI is InChI=1S/C17H19ClSi/c1-3-19(18,4-2)17-15-11-7-5-9-13(15)14-10-6-8-12-16(14)17/h5-12,17H,3-4H2,1-2H3. The van der Waals surface area contributed by atoms with Crippen LogP contribution in [0.3, 0.4) is 0 Å². The van der Waals surface area contributed by atoms with Gasteiger partial charge in [-0.05, 0) is 34.3 Å². The van der Waals surface area contributed by atoms with Crippen LogP contribution in [0.4, 0.5) is 0 Å². The van der Waals surface area contributed by atoms with E-state index in [1.807, 2.05) is 0 Å². The molecule has 0 heterocycles. The van der Waals surface area contributed by atoms with Crippen molar-refractivity contribution in [3.8, 4) is 11.1 Å². The molecule has 0 saturated carbocycles. The molecule has 98 valence electrons. The Bertz CT molecular complexity index is 556. The molecule has 19 heavy (non-hydrogen) atoms. The summed E-state index contributed by atoms with van der Waals surface area (Å²) >= 11 is 7.11. The number of benzene rings is 2. The lowest BCUT2D eigenvalue weighted by molar-refractivity contribution is 1.08. The first-order valence-electron chi connectivity index (χ1n) is 7.08. The molecule has 2 heteroatoms. The first-order valence-corrected chi connectivity index (χ1v) is 10.6. The van der Waals surface area contributed by atoms with Crippen LogP contribution < -0.4 is 0 Å². The highest BCUT2D eigenvalue weighted by Crippen LogP contribution is 2.51. The van der Waals surface area contributed by atoms with E-state index in [0.717, 1.165) is 12.1 Å². The largest absolute Gasteiger partial charge is 0.167 e. The van der Waals surface area contributed by atoms with Gasteiger partial charge in [0.15, 0.2) is 7.38 Å². The third-order valence-electron chi connectivity index (χ3n) is 4.53. The average molecular weight is 287 g/mol. The van der Waals surface area contributed by atoms with Gasteiger partial charge in [0.2, 0.25) is 0 Å². The summed E-state index contributed by atoms with van der Waals surface area (Å²) in [5.74, 6) is 0. The normalized spacial score (nSPS) is 14.3. The van der Waals surface area contributed by atoms with Gasteiger partial charge in [0, 0.05) is 5.54 Å². The third-order valence-corrected chi connectivity index (χ3v) is 10.8. The number of rotatable bonds is 3. The second-order valence-electron chi connectivity index (χ2n) is 5.35. The Morgan fingerprint density at radius 2 is 1.26 bits per heavy atom. The van der Waals surface area contributed by atoms with Crippen molar-refractivity contribution >= 4 is 18.5 Å². The molecular formula is C17H19ClSi. The summed E-state index contributed by atoms with van der Waals surface area (Å²) in [5.41, 5.74) is 6.14. The predicted octanol–water partition coefficient (Wildman–Crippen LogP) is 5.56. The zero-order valence-electron chi connectivity index (χ0n) is 11.5. The van der Waals surface area contributed by atoms with Gasteiger partial charge in [0.1, 0.15) is 0 Å². The van der Waals surface area contributed by atoms with E-state index in [4.69, 9.17) is 11.1 Å². The summed E-state index contributed by atoms with van der Waals surface area (Å²) < 4.78 is 0. The summed E-state index contributed by atoms with van der Waals surface area (Å²) in [7, 11) is -1.79. The van der Waals surface area contributed by atoms with Gasteiger partial charge in [-0.15, -0.1) is 0 Å². The molecule has 0 aromatic heterocycles. The number of hydrogen-bond acceptors (Lipinski definition) is 0. The van der Waals surface area contributed by atoms with Gasteiger partial charge in [0.05, 0.1) is 0 Å². The molecule has 0 spiro atoms. The van der Waals surface area contributed by atoms with E-state index in [1.165, 1.54) is 22.3 Å². The van der Waals surface area contributed by atoms with Crippen molar-refractivity contribution in [2.75, 3.05) is 0 Å². The van der Waals surface area contributed by atoms with E-state index in [0.29, 0.717) is 5.54 Å². The van der Waals surface area contributed by atoms with Crippen molar-refractivity contribution in [3.63, 3.8) is 0 Å². The summed E-state index contributed by atoms with van der Waals surface area (Å²) in [5, 5.41) is 0. The maximum absolute atomic E-state index is 7.11. The van der Waals surface area contributed by atoms with Gasteiger partial charge >= 0.3 is 0 Å². The smallest absolute Gasteiger partial charge is 0.166 e. The molecule has 0 unspecified atom stereocenters. The summed E-state index contributed by atoms with van der Waals surface area (Å²) in [4.78, 5) is 0. The van der Waals surface area contributed by atoms with E-state index in [2.05, 4.69) is 62.4 Å². The van der Waals surface area contributed by atoms with E-state index < -0.39 is 7.38 Å². The molecule has 1 aliphatic rings. The molecule has 0 saturated heterocycles. The van der Waals surface area contributed by atoms with Gasteiger partial charge in [-0.25, -0.2) is 0 Å². The molecular weight excluding hydrogens is 268 g/mol. The summed E-state index contributed by atoms with van der Waals surface area (Å²) in [6.07, 6.45) is 0. The fraction of sp³-hybridized carbons (Fsp3) is 0.294. The van der Waals surface area contributed by atoms with E-state index in [9.17, 15) is 0 Å². The van der Waals surface area contributed by atoms with Crippen LogP contribution in [0.2, 0.25) is 12.1 Å². The van der Waals surface area contributed by atoms with E-state index in [1.54, 1.807) is 0 Å². The Morgan fingerprint density at radius 3 is 1.68 bits per heavy atom. The van der Waals surface area contributed by atoms with Crippen molar-refractivity contribution in [3.05, 3.63) is 59.7 Å². The Kier molecular flexibility index (Phi) is 3.28. The maximum atomic E-state index is 7.11. The quantitative estimate of drug-likeness (QED) is 0.512. The fourth-order valence-electron chi connectivity index (χ4n) is 3.37. The molecule has 1 aliphatic carbocycles. The number of fused-ring (bicyclic) bond motifs is 3. The molecule has 0 bridgehead atoms. The zero-order chi connectivity index (χ0) is 13.5. The van der Waals surface area contributed by atoms with Crippen molar-refractivity contribution < 1.29 is 0 Å². The molecule has 0 nitrogen and oxygen atoms in total. The lowest BCUT2D eigenvalue weighted by atomic mass is 10.1. The summed E-state index contributed by atoms with van der Waals surface area (Å²) in [6, 6.07) is 19.8. The monoisotopic (exact) mass is 286 g/mol. The van der Waals surface area contributed by atoms with Crippen LogP contribution in [0.5, 0.6) is 0 Å². The Morgan fingerprint density at radius 1 is 0.842 bits per heavy atom. The highest BCUT2D eigenvalue weighted by Gasteiger charge is 2.43. The van der Waals surface area contributed by atoms with Crippen molar-refractivity contribution in [2.45, 2.75) is 31.5 Å². The highest BCUT2D eigenvalue weighted by atomic mass is 35.6. The lowest BCUT2D eigenvalue weighted by Gasteiger charge is -2.30. The predicted molar refractivity (Wildman–Crippen MR) is 86.3 cm³/mol. The van der Waals surface area contributed by atoms with Gasteiger partial charge in [-0.3, -0.25) is 0 Å². The van der Waals surface area contributed by atoms with Gasteiger partial charge in [-0.2, -0.15) is 11.1 Å². The van der Waals surface area contributed by atoms with Crippen molar-refractivity contribution in [2.24, 2.45) is 0 Å². The van der Waals surface area contributed by atoms with Crippen molar-refractivity contribution in [1.29, 1.82) is 0 Å². The molecule has 3 rings (SSSR count). The number of halogens is 1. The number of hydrogen-bond donors (Lipinski definition) is 0. The molecule has 2 aromatic rings. The van der Waals surface area contributed by atoms with E-state index >= 15 is 0 Å². The Balaban J connectivity index is 2.26. The molecule has 0 N–H and O–H groups in total. The topological polar surface area (TPSA) is 0 Å². The van der Waals surface area contributed by atoms with Crippen LogP contribution in [0.15, 0.2) is 48.5 Å². The maximum Gasteiger partial charge on any atom is 0.167 e. The van der Waals surface area contributed by atoms with Gasteiger partial charge < -0.3 is 0 Å². The molecule has 0 atom stereocenters. The van der Waals surface area contributed by atoms with Crippen LogP contribution in [-0.4, -0.2) is 7.38 Å². The van der Waals surface area contributed by atoms with Crippen LogP contribution >= 0.6 is 11.1 Å².